The first-order valence-corrected chi connectivity index (χ1v) is 7.50. The summed E-state index contributed by atoms with van der Waals surface area (Å²) in [6.07, 6.45) is 0. The van der Waals surface area contributed by atoms with E-state index in [-0.39, 0.29) is 12.3 Å². The molecule has 2 aromatic rings. The van der Waals surface area contributed by atoms with Gasteiger partial charge in [-0.3, -0.25) is 0 Å². The van der Waals surface area contributed by atoms with E-state index in [4.69, 9.17) is 14.2 Å². The first-order chi connectivity index (χ1) is 10.6. The minimum Gasteiger partial charge on any atom is -0.493 e. The van der Waals surface area contributed by atoms with E-state index in [0.29, 0.717) is 33.8 Å². The molecule has 118 valence electrons. The number of H-pyrrole nitrogens is 1. The molecule has 0 aliphatic heterocycles. The molecule has 0 saturated carbocycles. The van der Waals surface area contributed by atoms with Gasteiger partial charge in [0.1, 0.15) is 5.69 Å². The molecule has 0 aliphatic carbocycles. The predicted molar refractivity (Wildman–Crippen MR) is 83.2 cm³/mol. The zero-order valence-electron chi connectivity index (χ0n) is 12.5. The third-order valence-corrected chi connectivity index (χ3v) is 3.48. The molecule has 0 spiro atoms. The van der Waals surface area contributed by atoms with Crippen LogP contribution in [-0.4, -0.2) is 41.7 Å². The monoisotopic (exact) mass is 369 g/mol. The van der Waals surface area contributed by atoms with Crippen LogP contribution in [0, 0.1) is 0 Å². The van der Waals surface area contributed by atoms with Gasteiger partial charge >= 0.3 is 5.97 Å². The maximum Gasteiger partial charge on any atom is 0.361 e. The number of aromatic nitrogens is 3. The number of esters is 1. The Morgan fingerprint density at radius 1 is 1.23 bits per heavy atom. The van der Waals surface area contributed by atoms with Crippen LogP contribution in [-0.2, 0) is 4.74 Å². The van der Waals surface area contributed by atoms with Crippen molar-refractivity contribution >= 4 is 21.9 Å². The lowest BCUT2D eigenvalue weighted by atomic mass is 10.1. The quantitative estimate of drug-likeness (QED) is 0.787. The van der Waals surface area contributed by atoms with Crippen molar-refractivity contribution in [3.05, 3.63) is 22.3 Å². The lowest BCUT2D eigenvalue weighted by Gasteiger charge is -2.12. The zero-order chi connectivity index (χ0) is 16.1. The maximum absolute atomic E-state index is 11.9. The summed E-state index contributed by atoms with van der Waals surface area (Å²) in [5.41, 5.74) is 1.15. The summed E-state index contributed by atoms with van der Waals surface area (Å²) in [4.78, 5) is 11.9. The second-order valence-corrected chi connectivity index (χ2v) is 5.01. The molecule has 7 nitrogen and oxygen atoms in total. The Hall–Kier alpha value is -2.09. The van der Waals surface area contributed by atoms with E-state index in [0.717, 1.165) is 0 Å². The molecule has 1 N–H and O–H groups in total. The summed E-state index contributed by atoms with van der Waals surface area (Å²) >= 11 is 3.45. The standard InChI is InChI=1S/C14H16BrN3O4/c1-4-21-11-7-9(15)8(6-10(11)20-3)12-13(17-18-16-12)14(19)22-5-2/h6-7H,4-5H2,1-3H3,(H,16,17,18). The molecule has 0 unspecified atom stereocenters. The van der Waals surface area contributed by atoms with E-state index in [9.17, 15) is 4.79 Å². The van der Waals surface area contributed by atoms with Gasteiger partial charge in [0.05, 0.1) is 20.3 Å². The number of nitrogens with one attached hydrogen (secondary N) is 1. The van der Waals surface area contributed by atoms with Gasteiger partial charge in [-0.1, -0.05) is 0 Å². The van der Waals surface area contributed by atoms with Gasteiger partial charge < -0.3 is 14.2 Å². The fourth-order valence-corrected chi connectivity index (χ4v) is 2.42. The normalized spacial score (nSPS) is 10.4. The Bertz CT molecular complexity index is 672. The van der Waals surface area contributed by atoms with Crippen molar-refractivity contribution in [3.8, 4) is 22.8 Å². The molecule has 2 rings (SSSR count). The lowest BCUT2D eigenvalue weighted by Crippen LogP contribution is -2.07. The largest absolute Gasteiger partial charge is 0.493 e. The topological polar surface area (TPSA) is 86.3 Å². The van der Waals surface area contributed by atoms with Crippen molar-refractivity contribution in [3.63, 3.8) is 0 Å². The number of hydrogen-bond acceptors (Lipinski definition) is 6. The Kier molecular flexibility index (Phi) is 5.37. The van der Waals surface area contributed by atoms with Crippen LogP contribution in [0.4, 0.5) is 0 Å². The number of rotatable bonds is 6. The molecular formula is C14H16BrN3O4. The highest BCUT2D eigenvalue weighted by Crippen LogP contribution is 2.38. The minimum absolute atomic E-state index is 0.119. The smallest absolute Gasteiger partial charge is 0.361 e. The molecule has 0 aliphatic rings. The number of ether oxygens (including phenoxy) is 3. The van der Waals surface area contributed by atoms with Gasteiger partial charge in [0.25, 0.3) is 0 Å². The molecule has 0 bridgehead atoms. The van der Waals surface area contributed by atoms with Crippen LogP contribution in [0.15, 0.2) is 16.6 Å². The van der Waals surface area contributed by atoms with E-state index < -0.39 is 5.97 Å². The van der Waals surface area contributed by atoms with Crippen molar-refractivity contribution in [1.82, 2.24) is 15.4 Å². The summed E-state index contributed by atoms with van der Waals surface area (Å²) in [5, 5.41) is 10.3. The highest BCUT2D eigenvalue weighted by atomic mass is 79.9. The van der Waals surface area contributed by atoms with E-state index in [1.807, 2.05) is 6.92 Å². The van der Waals surface area contributed by atoms with E-state index in [1.54, 1.807) is 26.2 Å². The first-order valence-electron chi connectivity index (χ1n) is 6.70. The molecule has 22 heavy (non-hydrogen) atoms. The average molecular weight is 370 g/mol. The fraction of sp³-hybridized carbons (Fsp3) is 0.357. The van der Waals surface area contributed by atoms with Crippen molar-refractivity contribution in [2.45, 2.75) is 13.8 Å². The number of methoxy groups -OCH3 is 1. The van der Waals surface area contributed by atoms with Gasteiger partial charge in [0.2, 0.25) is 0 Å². The average Bonchev–Trinajstić information content (AvgIpc) is 2.97. The number of hydrogen-bond donors (Lipinski definition) is 1. The molecule has 8 heteroatoms. The number of aromatic amines is 1. The van der Waals surface area contributed by atoms with Crippen LogP contribution in [0.3, 0.4) is 0 Å². The molecule has 0 radical (unpaired) electrons. The van der Waals surface area contributed by atoms with Gasteiger partial charge in [-0.15, -0.1) is 5.10 Å². The molecule has 1 aromatic carbocycles. The molecule has 0 amide bonds. The highest BCUT2D eigenvalue weighted by Gasteiger charge is 2.22. The van der Waals surface area contributed by atoms with Crippen LogP contribution < -0.4 is 9.47 Å². The maximum atomic E-state index is 11.9. The summed E-state index contributed by atoms with van der Waals surface area (Å²) in [5.74, 6) is 0.602. The van der Waals surface area contributed by atoms with Crippen LogP contribution in [0.1, 0.15) is 24.3 Å². The molecule has 0 saturated heterocycles. The summed E-state index contributed by atoms with van der Waals surface area (Å²) in [7, 11) is 1.55. The van der Waals surface area contributed by atoms with E-state index in [1.165, 1.54) is 0 Å². The molecule has 0 fully saturated rings. The second kappa shape index (κ2) is 7.26. The van der Waals surface area contributed by atoms with Crippen molar-refractivity contribution < 1.29 is 19.0 Å². The molecular weight excluding hydrogens is 354 g/mol. The van der Waals surface area contributed by atoms with Gasteiger partial charge in [0.15, 0.2) is 17.2 Å². The van der Waals surface area contributed by atoms with E-state index >= 15 is 0 Å². The van der Waals surface area contributed by atoms with Crippen molar-refractivity contribution in [1.29, 1.82) is 0 Å². The number of benzene rings is 1. The molecule has 1 aromatic heterocycles. The summed E-state index contributed by atoms with van der Waals surface area (Å²) < 4.78 is 16.5. The summed E-state index contributed by atoms with van der Waals surface area (Å²) in [6, 6.07) is 3.50. The second-order valence-electron chi connectivity index (χ2n) is 4.16. The SMILES string of the molecule is CCOC(=O)c1n[nH]nc1-c1cc(OC)c(OCC)cc1Br. The Labute approximate surface area is 136 Å². The Morgan fingerprint density at radius 3 is 2.64 bits per heavy atom. The molecule has 1 heterocycles. The van der Waals surface area contributed by atoms with E-state index in [2.05, 4.69) is 31.3 Å². The van der Waals surface area contributed by atoms with Crippen LogP contribution in [0.25, 0.3) is 11.3 Å². The summed E-state index contributed by atoms with van der Waals surface area (Å²) in [6.45, 7) is 4.39. The molecule has 0 atom stereocenters. The first kappa shape index (κ1) is 16.3. The van der Waals surface area contributed by atoms with Crippen LogP contribution >= 0.6 is 15.9 Å². The van der Waals surface area contributed by atoms with Crippen molar-refractivity contribution in [2.75, 3.05) is 20.3 Å². The number of halogens is 1. The minimum atomic E-state index is -0.536. The third kappa shape index (κ3) is 3.22. The Morgan fingerprint density at radius 2 is 2.00 bits per heavy atom. The third-order valence-electron chi connectivity index (χ3n) is 2.82. The van der Waals surface area contributed by atoms with Gasteiger partial charge in [0, 0.05) is 10.0 Å². The number of carbonyl (C=O) groups excluding carboxylic acids is 1. The van der Waals surface area contributed by atoms with Crippen LogP contribution in [0.2, 0.25) is 0 Å². The van der Waals surface area contributed by atoms with Gasteiger partial charge in [-0.2, -0.15) is 10.3 Å². The van der Waals surface area contributed by atoms with Gasteiger partial charge in [-0.05, 0) is 41.9 Å². The van der Waals surface area contributed by atoms with Crippen LogP contribution in [0.5, 0.6) is 11.5 Å². The number of nitrogens with zero attached hydrogens (tertiary/aromatic N) is 2. The Balaban J connectivity index is 2.49. The zero-order valence-corrected chi connectivity index (χ0v) is 14.1. The number of carbonyl (C=O) groups is 1. The van der Waals surface area contributed by atoms with Crippen molar-refractivity contribution in [2.24, 2.45) is 0 Å². The lowest BCUT2D eigenvalue weighted by molar-refractivity contribution is 0.0520. The highest BCUT2D eigenvalue weighted by molar-refractivity contribution is 9.10. The van der Waals surface area contributed by atoms with Gasteiger partial charge in [-0.25, -0.2) is 4.79 Å². The fourth-order valence-electron chi connectivity index (χ4n) is 1.90. The predicted octanol–water partition coefficient (Wildman–Crippen LogP) is 2.82.